The molecule has 2 aromatic rings. The van der Waals surface area contributed by atoms with Crippen LogP contribution in [-0.4, -0.2) is 18.8 Å². The minimum Gasteiger partial charge on any atom is -0.545 e. The molecule has 0 aliphatic carbocycles. The van der Waals surface area contributed by atoms with E-state index in [9.17, 15) is 9.90 Å². The first-order chi connectivity index (χ1) is 10.7. The van der Waals surface area contributed by atoms with Crippen molar-refractivity contribution in [2.24, 2.45) is 5.10 Å². The summed E-state index contributed by atoms with van der Waals surface area (Å²) < 4.78 is 5.50. The number of nitrogens with zero attached hydrogens (tertiary/aromatic N) is 1. The Morgan fingerprint density at radius 2 is 1.86 bits per heavy atom. The fourth-order valence-electron chi connectivity index (χ4n) is 1.73. The lowest BCUT2D eigenvalue weighted by molar-refractivity contribution is -0.255. The standard InChI is InChI=1S/C17H18N2O3/c1-2-11-22-16-9-3-13(4-10-16)12-18-19-15-7-5-14(6-8-15)17(20)21/h3-10,12,19H,2,11H2,1H3,(H,20,21)/p-1/b18-12-. The molecule has 0 saturated heterocycles. The van der Waals surface area contributed by atoms with Gasteiger partial charge in [-0.3, -0.25) is 5.43 Å². The van der Waals surface area contributed by atoms with Crippen molar-refractivity contribution >= 4 is 17.9 Å². The first-order valence-corrected chi connectivity index (χ1v) is 7.02. The van der Waals surface area contributed by atoms with E-state index in [1.807, 2.05) is 24.3 Å². The second-order valence-electron chi connectivity index (χ2n) is 4.65. The Morgan fingerprint density at radius 1 is 1.18 bits per heavy atom. The number of carboxylic acids is 1. The lowest BCUT2D eigenvalue weighted by Crippen LogP contribution is -2.21. The van der Waals surface area contributed by atoms with Crippen LogP contribution in [0.25, 0.3) is 0 Å². The minimum atomic E-state index is -1.19. The summed E-state index contributed by atoms with van der Waals surface area (Å²) in [6.07, 6.45) is 2.65. The van der Waals surface area contributed by atoms with Crippen molar-refractivity contribution in [2.75, 3.05) is 12.0 Å². The van der Waals surface area contributed by atoms with Crippen molar-refractivity contribution in [2.45, 2.75) is 13.3 Å². The predicted molar refractivity (Wildman–Crippen MR) is 84.2 cm³/mol. The Kier molecular flexibility index (Phi) is 5.54. The maximum Gasteiger partial charge on any atom is 0.119 e. The highest BCUT2D eigenvalue weighted by Gasteiger charge is 1.95. The molecule has 0 radical (unpaired) electrons. The third kappa shape index (κ3) is 4.63. The normalized spacial score (nSPS) is 10.6. The van der Waals surface area contributed by atoms with Gasteiger partial charge in [0.2, 0.25) is 0 Å². The zero-order valence-electron chi connectivity index (χ0n) is 12.3. The number of carbonyl (C=O) groups is 1. The molecule has 0 spiro atoms. The van der Waals surface area contributed by atoms with E-state index in [-0.39, 0.29) is 5.56 Å². The number of nitrogens with one attached hydrogen (secondary N) is 1. The molecule has 0 aromatic heterocycles. The first kappa shape index (κ1) is 15.6. The Balaban J connectivity index is 1.90. The summed E-state index contributed by atoms with van der Waals surface area (Å²) in [6, 6.07) is 13.8. The fourth-order valence-corrected chi connectivity index (χ4v) is 1.73. The molecular formula is C17H17N2O3-. The van der Waals surface area contributed by atoms with Crippen molar-refractivity contribution in [1.29, 1.82) is 0 Å². The first-order valence-electron chi connectivity index (χ1n) is 7.02. The summed E-state index contributed by atoms with van der Waals surface area (Å²) in [5.41, 5.74) is 4.60. The molecule has 2 rings (SSSR count). The van der Waals surface area contributed by atoms with Gasteiger partial charge in [-0.2, -0.15) is 5.10 Å². The monoisotopic (exact) mass is 297 g/mol. The number of hydrazone groups is 1. The fraction of sp³-hybridized carbons (Fsp3) is 0.176. The highest BCUT2D eigenvalue weighted by atomic mass is 16.5. The molecule has 0 heterocycles. The zero-order valence-corrected chi connectivity index (χ0v) is 12.3. The van der Waals surface area contributed by atoms with Crippen molar-refractivity contribution in [3.05, 3.63) is 59.7 Å². The van der Waals surface area contributed by atoms with Crippen LogP contribution in [0.4, 0.5) is 5.69 Å². The van der Waals surface area contributed by atoms with Gasteiger partial charge in [-0.25, -0.2) is 0 Å². The summed E-state index contributed by atoms with van der Waals surface area (Å²) in [4.78, 5) is 10.6. The van der Waals surface area contributed by atoms with Gasteiger partial charge in [-0.15, -0.1) is 0 Å². The molecule has 0 aliphatic rings. The quantitative estimate of drug-likeness (QED) is 0.628. The second kappa shape index (κ2) is 7.83. The summed E-state index contributed by atoms with van der Waals surface area (Å²) in [5.74, 6) is -0.356. The number of aromatic carboxylic acids is 1. The molecule has 5 nitrogen and oxygen atoms in total. The molecule has 0 atom stereocenters. The number of hydrogen-bond donors (Lipinski definition) is 1. The van der Waals surface area contributed by atoms with Crippen LogP contribution in [0.3, 0.4) is 0 Å². The lowest BCUT2D eigenvalue weighted by atomic mass is 10.2. The van der Waals surface area contributed by atoms with Crippen LogP contribution in [0.5, 0.6) is 5.75 Å². The summed E-state index contributed by atoms with van der Waals surface area (Å²) in [6.45, 7) is 2.77. The van der Waals surface area contributed by atoms with Crippen LogP contribution >= 0.6 is 0 Å². The number of anilines is 1. The summed E-state index contributed by atoms with van der Waals surface area (Å²) >= 11 is 0. The van der Waals surface area contributed by atoms with Gasteiger partial charge < -0.3 is 14.6 Å². The van der Waals surface area contributed by atoms with E-state index >= 15 is 0 Å². The summed E-state index contributed by atoms with van der Waals surface area (Å²) in [7, 11) is 0. The number of benzene rings is 2. The highest BCUT2D eigenvalue weighted by Crippen LogP contribution is 2.12. The van der Waals surface area contributed by atoms with Crippen LogP contribution in [0.1, 0.15) is 29.3 Å². The molecule has 114 valence electrons. The van der Waals surface area contributed by atoms with Gasteiger partial charge in [0.25, 0.3) is 0 Å². The van der Waals surface area contributed by atoms with Crippen molar-refractivity contribution < 1.29 is 14.6 Å². The van der Waals surface area contributed by atoms with Crippen LogP contribution in [0.15, 0.2) is 53.6 Å². The molecular weight excluding hydrogens is 280 g/mol. The van der Waals surface area contributed by atoms with Crippen LogP contribution in [-0.2, 0) is 0 Å². The van der Waals surface area contributed by atoms with Crippen molar-refractivity contribution in [3.8, 4) is 5.75 Å². The smallest absolute Gasteiger partial charge is 0.119 e. The molecule has 2 aromatic carbocycles. The molecule has 0 fully saturated rings. The Bertz CT molecular complexity index is 634. The van der Waals surface area contributed by atoms with Gasteiger partial charge >= 0.3 is 0 Å². The lowest BCUT2D eigenvalue weighted by Gasteiger charge is -2.05. The average molecular weight is 297 g/mol. The van der Waals surface area contributed by atoms with Crippen LogP contribution < -0.4 is 15.3 Å². The molecule has 5 heteroatoms. The van der Waals surface area contributed by atoms with Crippen LogP contribution in [0, 0.1) is 0 Å². The van der Waals surface area contributed by atoms with E-state index < -0.39 is 5.97 Å². The van der Waals surface area contributed by atoms with E-state index in [2.05, 4.69) is 17.5 Å². The molecule has 0 amide bonds. The zero-order chi connectivity index (χ0) is 15.8. The SMILES string of the molecule is CCCOc1ccc(/C=N\Nc2ccc(C(=O)[O-])cc2)cc1. The van der Waals surface area contributed by atoms with Gasteiger partial charge in [0.15, 0.2) is 0 Å². The molecule has 0 saturated carbocycles. The van der Waals surface area contributed by atoms with E-state index in [0.29, 0.717) is 12.3 Å². The third-order valence-corrected chi connectivity index (χ3v) is 2.88. The van der Waals surface area contributed by atoms with Gasteiger partial charge in [-0.1, -0.05) is 19.1 Å². The third-order valence-electron chi connectivity index (χ3n) is 2.88. The number of ether oxygens (including phenoxy) is 1. The van der Waals surface area contributed by atoms with E-state index in [4.69, 9.17) is 4.74 Å². The number of rotatable bonds is 7. The Hall–Kier alpha value is -2.82. The molecule has 0 unspecified atom stereocenters. The summed E-state index contributed by atoms with van der Waals surface area (Å²) in [5, 5.41) is 14.7. The van der Waals surface area contributed by atoms with Gasteiger partial charge in [0.05, 0.1) is 24.5 Å². The van der Waals surface area contributed by atoms with Crippen LogP contribution in [0.2, 0.25) is 0 Å². The second-order valence-corrected chi connectivity index (χ2v) is 4.65. The minimum absolute atomic E-state index is 0.136. The largest absolute Gasteiger partial charge is 0.545 e. The molecule has 22 heavy (non-hydrogen) atoms. The van der Waals surface area contributed by atoms with Gasteiger partial charge in [-0.05, 0) is 53.9 Å². The Morgan fingerprint density at radius 3 is 2.45 bits per heavy atom. The van der Waals surface area contributed by atoms with E-state index in [0.717, 1.165) is 17.7 Å². The van der Waals surface area contributed by atoms with E-state index in [1.54, 1.807) is 18.3 Å². The molecule has 0 bridgehead atoms. The van der Waals surface area contributed by atoms with Crippen molar-refractivity contribution in [3.63, 3.8) is 0 Å². The maximum atomic E-state index is 10.6. The average Bonchev–Trinajstić information content (AvgIpc) is 2.54. The van der Waals surface area contributed by atoms with E-state index in [1.165, 1.54) is 12.1 Å². The van der Waals surface area contributed by atoms with Gasteiger partial charge in [0.1, 0.15) is 5.75 Å². The maximum absolute atomic E-state index is 10.6. The number of carbonyl (C=O) groups excluding carboxylic acids is 1. The van der Waals surface area contributed by atoms with Crippen molar-refractivity contribution in [1.82, 2.24) is 0 Å². The number of carboxylic acid groups (broad SMARTS) is 1. The highest BCUT2D eigenvalue weighted by molar-refractivity contribution is 5.86. The predicted octanol–water partition coefficient (Wildman–Crippen LogP) is 2.28. The molecule has 1 N–H and O–H groups in total. The number of hydrogen-bond acceptors (Lipinski definition) is 5. The Labute approximate surface area is 129 Å². The molecule has 0 aliphatic heterocycles. The van der Waals surface area contributed by atoms with Gasteiger partial charge in [0, 0.05) is 0 Å². The topological polar surface area (TPSA) is 73.8 Å².